The van der Waals surface area contributed by atoms with Crippen molar-refractivity contribution >= 4 is 17.8 Å². The molecule has 0 bridgehead atoms. The van der Waals surface area contributed by atoms with Crippen LogP contribution in [0.4, 0.5) is 5.69 Å². The molecule has 2 heterocycles. The summed E-state index contributed by atoms with van der Waals surface area (Å²) < 4.78 is 5.12. The highest BCUT2D eigenvalue weighted by Gasteiger charge is 2.37. The molecule has 1 N–H and O–H groups in total. The molecule has 5 nitrogen and oxygen atoms in total. The smallest absolute Gasteiger partial charge is 0.274 e. The van der Waals surface area contributed by atoms with Gasteiger partial charge in [-0.1, -0.05) is 32.0 Å². The monoisotopic (exact) mass is 323 g/mol. The average Bonchev–Trinajstić information content (AvgIpc) is 3.06. The van der Waals surface area contributed by atoms with Crippen LogP contribution >= 0.6 is 0 Å². The van der Waals surface area contributed by atoms with E-state index in [0.29, 0.717) is 11.3 Å². The first kappa shape index (κ1) is 16.1. The van der Waals surface area contributed by atoms with Gasteiger partial charge < -0.3 is 9.32 Å². The number of likely N-dealkylation sites (N-methyl/N-ethyl adjacent to an activating group) is 1. The van der Waals surface area contributed by atoms with E-state index in [2.05, 4.69) is 47.5 Å². The summed E-state index contributed by atoms with van der Waals surface area (Å²) >= 11 is 0. The summed E-state index contributed by atoms with van der Waals surface area (Å²) in [5.41, 5.74) is 6.51. The molecule has 0 aliphatic carbocycles. The van der Waals surface area contributed by atoms with Crippen LogP contribution in [0.3, 0.4) is 0 Å². The van der Waals surface area contributed by atoms with Crippen molar-refractivity contribution in [1.82, 2.24) is 5.43 Å². The zero-order valence-electron chi connectivity index (χ0n) is 14.3. The Hall–Kier alpha value is -2.82. The zero-order chi connectivity index (χ0) is 17.3. The van der Waals surface area contributed by atoms with Crippen molar-refractivity contribution in [3.05, 3.63) is 65.3 Å². The largest absolute Gasteiger partial charge is 0.469 e. The molecule has 2 aromatic rings. The Labute approximate surface area is 141 Å². The topological polar surface area (TPSA) is 57.8 Å². The van der Waals surface area contributed by atoms with Gasteiger partial charge >= 0.3 is 0 Å². The Bertz CT molecular complexity index is 831. The molecule has 0 saturated carbocycles. The van der Waals surface area contributed by atoms with Gasteiger partial charge in [0.05, 0.1) is 11.8 Å². The minimum atomic E-state index is -0.279. The summed E-state index contributed by atoms with van der Waals surface area (Å²) in [6.07, 6.45) is 5.04. The molecule has 0 unspecified atom stereocenters. The molecule has 1 amide bonds. The molecule has 3 rings (SSSR count). The van der Waals surface area contributed by atoms with Crippen molar-refractivity contribution in [1.29, 1.82) is 0 Å². The maximum atomic E-state index is 12.0. The maximum Gasteiger partial charge on any atom is 0.274 e. The van der Waals surface area contributed by atoms with Crippen molar-refractivity contribution in [2.45, 2.75) is 26.2 Å². The number of aryl methyl sites for hydroxylation is 1. The molecule has 5 heteroatoms. The number of furan rings is 1. The van der Waals surface area contributed by atoms with Crippen molar-refractivity contribution in [3.8, 4) is 0 Å². The number of para-hydroxylation sites is 1. The third-order valence-corrected chi connectivity index (χ3v) is 4.52. The highest BCUT2D eigenvalue weighted by molar-refractivity contribution is 5.95. The predicted molar refractivity (Wildman–Crippen MR) is 95.4 cm³/mol. The minimum absolute atomic E-state index is 0.109. The predicted octanol–water partition coefficient (Wildman–Crippen LogP) is 3.62. The van der Waals surface area contributed by atoms with Gasteiger partial charge in [0.15, 0.2) is 0 Å². The van der Waals surface area contributed by atoms with Crippen LogP contribution < -0.4 is 10.3 Å². The van der Waals surface area contributed by atoms with Gasteiger partial charge in [0, 0.05) is 30.1 Å². The van der Waals surface area contributed by atoms with Gasteiger partial charge in [-0.15, -0.1) is 0 Å². The Kier molecular flexibility index (Phi) is 4.01. The molecule has 1 aliphatic rings. The van der Waals surface area contributed by atoms with E-state index in [1.165, 1.54) is 17.5 Å². The molecule has 24 heavy (non-hydrogen) atoms. The normalized spacial score (nSPS) is 17.5. The number of rotatable bonds is 3. The number of carbonyl (C=O) groups excluding carboxylic acids is 1. The molecule has 124 valence electrons. The van der Waals surface area contributed by atoms with Crippen LogP contribution in [0, 0.1) is 6.92 Å². The molecule has 0 radical (unpaired) electrons. The molecule has 0 saturated heterocycles. The number of hydrogen-bond acceptors (Lipinski definition) is 4. The number of hydrazone groups is 1. The quantitative estimate of drug-likeness (QED) is 0.693. The van der Waals surface area contributed by atoms with Crippen LogP contribution in [0.5, 0.6) is 0 Å². The van der Waals surface area contributed by atoms with E-state index in [9.17, 15) is 4.79 Å². The molecular weight excluding hydrogens is 302 g/mol. The fourth-order valence-corrected chi connectivity index (χ4v) is 3.19. The molecule has 1 aromatic carbocycles. The van der Waals surface area contributed by atoms with Crippen LogP contribution in [0.2, 0.25) is 0 Å². The van der Waals surface area contributed by atoms with Crippen molar-refractivity contribution in [2.24, 2.45) is 5.10 Å². The number of amides is 1. The molecule has 0 fully saturated rings. The highest BCUT2D eigenvalue weighted by Crippen LogP contribution is 2.46. The van der Waals surface area contributed by atoms with Crippen LogP contribution in [0.15, 0.2) is 57.9 Å². The van der Waals surface area contributed by atoms with E-state index < -0.39 is 0 Å². The number of nitrogens with zero attached hydrogens (tertiary/aromatic N) is 2. The van der Waals surface area contributed by atoms with Crippen LogP contribution in [-0.4, -0.2) is 19.2 Å². The van der Waals surface area contributed by atoms with Gasteiger partial charge in [-0.05, 0) is 30.7 Å². The Balaban J connectivity index is 1.76. The van der Waals surface area contributed by atoms with Gasteiger partial charge in [-0.25, -0.2) is 5.43 Å². The Morgan fingerprint density at radius 2 is 2.04 bits per heavy atom. The number of fused-ring (bicyclic) bond motifs is 1. The molecule has 1 aliphatic heterocycles. The second kappa shape index (κ2) is 6.00. The van der Waals surface area contributed by atoms with Gasteiger partial charge in [0.2, 0.25) is 0 Å². The second-order valence-corrected chi connectivity index (χ2v) is 6.36. The number of anilines is 1. The third-order valence-electron chi connectivity index (χ3n) is 4.52. The first-order chi connectivity index (χ1) is 11.4. The van der Waals surface area contributed by atoms with E-state index in [0.717, 1.165) is 5.70 Å². The second-order valence-electron chi connectivity index (χ2n) is 6.36. The van der Waals surface area contributed by atoms with E-state index in [4.69, 9.17) is 4.42 Å². The standard InChI is InChI=1S/C19H21N3O2/c1-13-14(10-12-24-13)18(23)21-20-11-9-17-19(2,3)15-7-5-6-8-16(15)22(17)4/h5-12H,1-4H3,(H,21,23)/b17-9-,20-11-. The van der Waals surface area contributed by atoms with E-state index >= 15 is 0 Å². The number of nitrogens with one attached hydrogen (secondary N) is 1. The van der Waals surface area contributed by atoms with Crippen LogP contribution in [0.25, 0.3) is 0 Å². The lowest BCUT2D eigenvalue weighted by molar-refractivity contribution is 0.0953. The molecule has 0 spiro atoms. The van der Waals surface area contributed by atoms with Crippen LogP contribution in [-0.2, 0) is 5.41 Å². The van der Waals surface area contributed by atoms with E-state index in [1.54, 1.807) is 19.2 Å². The minimum Gasteiger partial charge on any atom is -0.469 e. The number of carbonyl (C=O) groups is 1. The van der Waals surface area contributed by atoms with Crippen molar-refractivity contribution in [2.75, 3.05) is 11.9 Å². The lowest BCUT2D eigenvalue weighted by atomic mass is 9.84. The number of benzene rings is 1. The third kappa shape index (κ3) is 2.62. The summed E-state index contributed by atoms with van der Waals surface area (Å²) in [5, 5.41) is 4.03. The highest BCUT2D eigenvalue weighted by atomic mass is 16.3. The summed E-state index contributed by atoms with van der Waals surface area (Å²) in [7, 11) is 2.04. The van der Waals surface area contributed by atoms with Gasteiger partial charge in [-0.3, -0.25) is 4.79 Å². The lowest BCUT2D eigenvalue weighted by Gasteiger charge is -2.23. The van der Waals surface area contributed by atoms with Crippen molar-refractivity contribution in [3.63, 3.8) is 0 Å². The zero-order valence-corrected chi connectivity index (χ0v) is 14.3. The summed E-state index contributed by atoms with van der Waals surface area (Å²) in [4.78, 5) is 14.1. The van der Waals surface area contributed by atoms with Gasteiger partial charge in [0.1, 0.15) is 5.76 Å². The Morgan fingerprint density at radius 3 is 2.71 bits per heavy atom. The summed E-state index contributed by atoms with van der Waals surface area (Å²) in [5.74, 6) is 0.298. The van der Waals surface area contributed by atoms with E-state index in [1.807, 2.05) is 19.2 Å². The average molecular weight is 323 g/mol. The van der Waals surface area contributed by atoms with Gasteiger partial charge in [-0.2, -0.15) is 5.10 Å². The summed E-state index contributed by atoms with van der Waals surface area (Å²) in [6.45, 7) is 6.11. The molecule has 1 aromatic heterocycles. The molecule has 0 atom stereocenters. The first-order valence-corrected chi connectivity index (χ1v) is 7.84. The number of allylic oxidation sites excluding steroid dienone is 2. The first-order valence-electron chi connectivity index (χ1n) is 7.84. The fourth-order valence-electron chi connectivity index (χ4n) is 3.19. The fraction of sp³-hybridized carbons (Fsp3) is 0.263. The number of hydrogen-bond donors (Lipinski definition) is 1. The van der Waals surface area contributed by atoms with Crippen LogP contribution in [0.1, 0.15) is 35.5 Å². The SMILES string of the molecule is Cc1occc1C(=O)N/N=C\C=C1/N(C)c2ccccc2C1(C)C. The molecular formula is C19H21N3O2. The lowest BCUT2D eigenvalue weighted by Crippen LogP contribution is -2.23. The Morgan fingerprint density at radius 1 is 1.29 bits per heavy atom. The van der Waals surface area contributed by atoms with Crippen molar-refractivity contribution < 1.29 is 9.21 Å². The summed E-state index contributed by atoms with van der Waals surface area (Å²) in [6, 6.07) is 9.98. The van der Waals surface area contributed by atoms with E-state index in [-0.39, 0.29) is 11.3 Å². The van der Waals surface area contributed by atoms with Gasteiger partial charge in [0.25, 0.3) is 5.91 Å². The maximum absolute atomic E-state index is 12.0.